The molecule has 0 spiro atoms. The number of anilines is 2. The first-order valence-corrected chi connectivity index (χ1v) is 11.0. The van der Waals surface area contributed by atoms with Crippen LogP contribution >= 0.6 is 11.3 Å². The minimum absolute atomic E-state index is 0.443. The second-order valence-electron chi connectivity index (χ2n) is 7.67. The maximum atomic E-state index is 9.19. The maximum absolute atomic E-state index is 9.19. The molecule has 0 amide bonds. The summed E-state index contributed by atoms with van der Waals surface area (Å²) >= 11 is 1.82. The Bertz CT molecular complexity index is 810. The number of nitrogens with one attached hydrogen (secondary N) is 1. The number of hydrogen-bond acceptors (Lipinski definition) is 6. The monoisotopic (exact) mass is 397 g/mol. The Morgan fingerprint density at radius 2 is 2.00 bits per heavy atom. The average Bonchev–Trinajstić information content (AvgIpc) is 3.06. The topological polar surface area (TPSA) is 55.2 Å². The molecule has 3 rings (SSSR count). The Hall–Kier alpha value is -2.10. The Balaban J connectivity index is 1.46. The van der Waals surface area contributed by atoms with Crippen LogP contribution in [-0.4, -0.2) is 49.7 Å². The first-order valence-electron chi connectivity index (χ1n) is 10.1. The van der Waals surface area contributed by atoms with Crippen molar-refractivity contribution in [1.82, 2.24) is 9.88 Å². The third kappa shape index (κ3) is 4.84. The average molecular weight is 398 g/mol. The molecule has 1 aromatic carbocycles. The number of benzene rings is 1. The van der Waals surface area contributed by atoms with Gasteiger partial charge >= 0.3 is 0 Å². The molecule has 1 N–H and O–H groups in total. The SMILES string of the molecule is CNc1ccc(C#N)cc1C(C)CCCN1CCN(c2nc(C)c(C)s2)CC1. The number of hydrogen-bond donors (Lipinski definition) is 1. The second-order valence-corrected chi connectivity index (χ2v) is 8.86. The van der Waals surface area contributed by atoms with Gasteiger partial charge in [0.1, 0.15) is 0 Å². The van der Waals surface area contributed by atoms with Gasteiger partial charge in [-0.3, -0.25) is 4.90 Å². The summed E-state index contributed by atoms with van der Waals surface area (Å²) in [7, 11) is 1.95. The van der Waals surface area contributed by atoms with Crippen molar-refractivity contribution < 1.29 is 0 Å². The Morgan fingerprint density at radius 3 is 2.61 bits per heavy atom. The summed E-state index contributed by atoms with van der Waals surface area (Å²) in [6, 6.07) is 8.20. The van der Waals surface area contributed by atoms with E-state index < -0.39 is 0 Å². The third-order valence-electron chi connectivity index (χ3n) is 5.75. The highest BCUT2D eigenvalue weighted by Crippen LogP contribution is 2.29. The number of piperazine rings is 1. The summed E-state index contributed by atoms with van der Waals surface area (Å²) in [6.07, 6.45) is 2.31. The molecule has 6 heteroatoms. The normalized spacial score (nSPS) is 16.0. The summed E-state index contributed by atoms with van der Waals surface area (Å²) in [4.78, 5) is 11.0. The van der Waals surface area contributed by atoms with Crippen LogP contribution in [0.25, 0.3) is 0 Å². The van der Waals surface area contributed by atoms with Crippen LogP contribution in [0.1, 0.15) is 47.4 Å². The molecular weight excluding hydrogens is 366 g/mol. The minimum atomic E-state index is 0.443. The molecular formula is C22H31N5S. The van der Waals surface area contributed by atoms with Crippen LogP contribution in [0.15, 0.2) is 18.2 Å². The van der Waals surface area contributed by atoms with Crippen LogP contribution in [0.4, 0.5) is 10.8 Å². The Labute approximate surface area is 173 Å². The number of aromatic nitrogens is 1. The zero-order valence-electron chi connectivity index (χ0n) is 17.5. The van der Waals surface area contributed by atoms with Gasteiger partial charge in [-0.2, -0.15) is 5.26 Å². The van der Waals surface area contributed by atoms with Gasteiger partial charge in [0.05, 0.1) is 17.3 Å². The molecule has 2 aromatic rings. The van der Waals surface area contributed by atoms with E-state index in [-0.39, 0.29) is 0 Å². The largest absolute Gasteiger partial charge is 0.388 e. The van der Waals surface area contributed by atoms with Crippen LogP contribution in [0.3, 0.4) is 0 Å². The third-order valence-corrected chi connectivity index (χ3v) is 6.89. The van der Waals surface area contributed by atoms with Crippen LogP contribution in [-0.2, 0) is 0 Å². The standard InChI is InChI=1S/C22H31N5S/c1-16(20-14-19(15-23)7-8-21(20)24-4)6-5-9-26-10-12-27(13-11-26)22-25-17(2)18(3)28-22/h7-8,14,16,24H,5-6,9-13H2,1-4H3. The molecule has 1 atom stereocenters. The van der Waals surface area contributed by atoms with Crippen LogP contribution in [0, 0.1) is 25.2 Å². The zero-order valence-corrected chi connectivity index (χ0v) is 18.3. The first kappa shape index (κ1) is 20.6. The lowest BCUT2D eigenvalue weighted by Crippen LogP contribution is -2.46. The number of nitriles is 1. The van der Waals surface area contributed by atoms with E-state index in [2.05, 4.69) is 42.0 Å². The van der Waals surface area contributed by atoms with Gasteiger partial charge in [-0.15, -0.1) is 11.3 Å². The molecule has 1 aliphatic heterocycles. The van der Waals surface area contributed by atoms with Gasteiger partial charge in [0, 0.05) is 43.8 Å². The fourth-order valence-electron chi connectivity index (χ4n) is 3.80. The van der Waals surface area contributed by atoms with Gasteiger partial charge in [-0.1, -0.05) is 6.92 Å². The van der Waals surface area contributed by atoms with Crippen molar-refractivity contribution in [3.8, 4) is 6.07 Å². The van der Waals surface area contributed by atoms with Crippen LogP contribution in [0.5, 0.6) is 0 Å². The van der Waals surface area contributed by atoms with Crippen molar-refractivity contribution in [1.29, 1.82) is 5.26 Å². The van der Waals surface area contributed by atoms with Crippen LogP contribution in [0.2, 0.25) is 0 Å². The lowest BCUT2D eigenvalue weighted by atomic mass is 9.93. The summed E-state index contributed by atoms with van der Waals surface area (Å²) < 4.78 is 0. The van der Waals surface area contributed by atoms with Gasteiger partial charge in [-0.25, -0.2) is 4.98 Å². The number of rotatable bonds is 7. The highest BCUT2D eigenvalue weighted by molar-refractivity contribution is 7.15. The van der Waals surface area contributed by atoms with Crippen molar-refractivity contribution in [2.24, 2.45) is 0 Å². The van der Waals surface area contributed by atoms with Crippen molar-refractivity contribution in [3.63, 3.8) is 0 Å². The summed E-state index contributed by atoms with van der Waals surface area (Å²) in [5.41, 5.74) is 4.29. The highest BCUT2D eigenvalue weighted by atomic mass is 32.1. The van der Waals surface area contributed by atoms with Crippen LogP contribution < -0.4 is 10.2 Å². The summed E-state index contributed by atoms with van der Waals surface area (Å²) in [5.74, 6) is 0.443. The first-order chi connectivity index (χ1) is 13.5. The van der Waals surface area contributed by atoms with E-state index in [1.165, 1.54) is 22.0 Å². The molecule has 1 aromatic heterocycles. The lowest BCUT2D eigenvalue weighted by Gasteiger charge is -2.34. The molecule has 1 unspecified atom stereocenters. The van der Waals surface area contributed by atoms with E-state index in [1.807, 2.05) is 36.6 Å². The molecule has 150 valence electrons. The van der Waals surface area contributed by atoms with E-state index >= 15 is 0 Å². The molecule has 28 heavy (non-hydrogen) atoms. The van der Waals surface area contributed by atoms with Gasteiger partial charge < -0.3 is 10.2 Å². The number of thiazole rings is 1. The minimum Gasteiger partial charge on any atom is -0.388 e. The van der Waals surface area contributed by atoms with E-state index in [1.54, 1.807) is 0 Å². The lowest BCUT2D eigenvalue weighted by molar-refractivity contribution is 0.251. The molecule has 1 saturated heterocycles. The molecule has 0 aliphatic carbocycles. The molecule has 2 heterocycles. The molecule has 1 aliphatic rings. The van der Waals surface area contributed by atoms with Crippen molar-refractivity contribution in [2.45, 2.75) is 39.5 Å². The second kappa shape index (κ2) is 9.40. The molecule has 5 nitrogen and oxygen atoms in total. The van der Waals surface area contributed by atoms with E-state index in [0.29, 0.717) is 5.92 Å². The van der Waals surface area contributed by atoms with Gasteiger partial charge in [0.25, 0.3) is 0 Å². The molecule has 1 fully saturated rings. The highest BCUT2D eigenvalue weighted by Gasteiger charge is 2.20. The van der Waals surface area contributed by atoms with Crippen molar-refractivity contribution in [2.75, 3.05) is 50.0 Å². The molecule has 0 radical (unpaired) electrons. The predicted molar refractivity (Wildman–Crippen MR) is 119 cm³/mol. The summed E-state index contributed by atoms with van der Waals surface area (Å²) in [5, 5.41) is 13.6. The Kier molecular flexibility index (Phi) is 6.93. The smallest absolute Gasteiger partial charge is 0.185 e. The predicted octanol–water partition coefficient (Wildman–Crippen LogP) is 4.38. The fraction of sp³-hybridized carbons (Fsp3) is 0.545. The van der Waals surface area contributed by atoms with Gasteiger partial charge in [-0.05, 0) is 62.9 Å². The molecule has 0 bridgehead atoms. The van der Waals surface area contributed by atoms with Gasteiger partial charge in [0.2, 0.25) is 0 Å². The molecule has 0 saturated carbocycles. The number of aryl methyl sites for hydroxylation is 2. The van der Waals surface area contributed by atoms with Crippen molar-refractivity contribution in [3.05, 3.63) is 39.9 Å². The van der Waals surface area contributed by atoms with E-state index in [4.69, 9.17) is 4.98 Å². The summed E-state index contributed by atoms with van der Waals surface area (Å²) in [6.45, 7) is 12.0. The quantitative estimate of drug-likeness (QED) is 0.751. The van der Waals surface area contributed by atoms with Crippen molar-refractivity contribution >= 4 is 22.2 Å². The maximum Gasteiger partial charge on any atom is 0.185 e. The Morgan fingerprint density at radius 1 is 1.25 bits per heavy atom. The zero-order chi connectivity index (χ0) is 20.1. The van der Waals surface area contributed by atoms with E-state index in [9.17, 15) is 5.26 Å². The number of nitrogens with zero attached hydrogens (tertiary/aromatic N) is 4. The van der Waals surface area contributed by atoms with E-state index in [0.717, 1.165) is 56.1 Å². The van der Waals surface area contributed by atoms with Gasteiger partial charge in [0.15, 0.2) is 5.13 Å². The fourth-order valence-corrected chi connectivity index (χ4v) is 4.76.